The normalized spacial score (nSPS) is 11.6. The maximum atomic E-state index is 11.1. The van der Waals surface area contributed by atoms with E-state index in [-0.39, 0.29) is 5.91 Å². The lowest BCUT2D eigenvalue weighted by atomic mass is 10.1. The second-order valence-electron chi connectivity index (χ2n) is 5.64. The van der Waals surface area contributed by atoms with Crippen molar-refractivity contribution in [3.63, 3.8) is 0 Å². The number of anilines is 1. The number of halogens is 1. The van der Waals surface area contributed by atoms with E-state index in [1.165, 1.54) is 6.92 Å². The first kappa shape index (κ1) is 19.7. The van der Waals surface area contributed by atoms with Crippen LogP contribution in [0.1, 0.15) is 31.9 Å². The summed E-state index contributed by atoms with van der Waals surface area (Å²) in [6.45, 7) is 5.80. The van der Waals surface area contributed by atoms with Crippen molar-refractivity contribution in [2.75, 3.05) is 11.9 Å². The van der Waals surface area contributed by atoms with Crippen LogP contribution in [0.25, 0.3) is 5.70 Å². The number of ether oxygens (including phenoxy) is 1. The van der Waals surface area contributed by atoms with E-state index in [1.807, 2.05) is 56.3 Å². The molecule has 136 valence electrons. The molecule has 0 atom stereocenters. The molecule has 1 N–H and O–H groups in total. The van der Waals surface area contributed by atoms with Crippen LogP contribution in [0.2, 0.25) is 5.02 Å². The maximum absolute atomic E-state index is 11.1. The fraction of sp³-hybridized carbons (Fsp3) is 0.238. The molecule has 2 aromatic carbocycles. The molecule has 26 heavy (non-hydrogen) atoms. The summed E-state index contributed by atoms with van der Waals surface area (Å²) in [7, 11) is 0. The molecule has 0 saturated carbocycles. The van der Waals surface area contributed by atoms with Gasteiger partial charge < -0.3 is 10.1 Å². The Balaban J connectivity index is 2.06. The second kappa shape index (κ2) is 9.78. The van der Waals surface area contributed by atoms with Crippen LogP contribution in [0, 0.1) is 0 Å². The van der Waals surface area contributed by atoms with Gasteiger partial charge in [0.25, 0.3) is 0 Å². The fourth-order valence-corrected chi connectivity index (χ4v) is 2.82. The highest BCUT2D eigenvalue weighted by Gasteiger charge is 2.08. The number of benzene rings is 2. The van der Waals surface area contributed by atoms with E-state index in [0.717, 1.165) is 22.6 Å². The van der Waals surface area contributed by atoms with Crippen LogP contribution in [0.5, 0.6) is 5.75 Å². The molecular formula is C21H23ClN2O2. The van der Waals surface area contributed by atoms with Crippen molar-refractivity contribution in [3.05, 3.63) is 64.7 Å². The summed E-state index contributed by atoms with van der Waals surface area (Å²) < 4.78 is 5.98. The largest absolute Gasteiger partial charge is 0.493 e. The van der Waals surface area contributed by atoms with Gasteiger partial charge in [0.15, 0.2) is 0 Å². The molecule has 5 heteroatoms. The lowest BCUT2D eigenvalue weighted by molar-refractivity contribution is -0.114. The number of allylic oxidation sites excluding steroid dienone is 1. The van der Waals surface area contributed by atoms with Gasteiger partial charge in [-0.25, -0.2) is 0 Å². The molecule has 0 bridgehead atoms. The van der Waals surface area contributed by atoms with Crippen LogP contribution in [-0.2, 0) is 11.2 Å². The van der Waals surface area contributed by atoms with Gasteiger partial charge in [0.1, 0.15) is 5.75 Å². The highest BCUT2D eigenvalue weighted by Crippen LogP contribution is 2.27. The summed E-state index contributed by atoms with van der Waals surface area (Å²) >= 11 is 6.30. The monoisotopic (exact) mass is 370 g/mol. The standard InChI is InChI=1S/C21H23ClN2O2/c1-4-20(23-5-2)18-8-6-7-9-21(18)26-13-12-16-10-11-17(14-19(16)22)24-15(3)25/h4-11,14H,12-13H2,1-3H3,(H,24,25). The first-order valence-electron chi connectivity index (χ1n) is 8.48. The van der Waals surface area contributed by atoms with E-state index in [9.17, 15) is 4.79 Å². The number of rotatable bonds is 7. The molecule has 2 rings (SSSR count). The number of nitrogens with one attached hydrogen (secondary N) is 1. The lowest BCUT2D eigenvalue weighted by Gasteiger charge is -2.13. The van der Waals surface area contributed by atoms with Gasteiger partial charge in [-0.2, -0.15) is 0 Å². The Morgan fingerprint density at radius 2 is 2.00 bits per heavy atom. The molecule has 0 aromatic heterocycles. The third kappa shape index (κ3) is 5.46. The first-order valence-corrected chi connectivity index (χ1v) is 8.86. The second-order valence-corrected chi connectivity index (χ2v) is 6.05. The SMILES string of the molecule is CC=NC(=CC)c1ccccc1OCCc1ccc(NC(C)=O)cc1Cl. The van der Waals surface area contributed by atoms with Crippen molar-refractivity contribution in [3.8, 4) is 5.75 Å². The average Bonchev–Trinajstić information content (AvgIpc) is 2.61. The van der Waals surface area contributed by atoms with Crippen LogP contribution >= 0.6 is 11.6 Å². The number of carbonyl (C=O) groups excluding carboxylic acids is 1. The lowest BCUT2D eigenvalue weighted by Crippen LogP contribution is -2.07. The number of para-hydroxylation sites is 1. The van der Waals surface area contributed by atoms with Gasteiger partial charge in [0.05, 0.1) is 12.3 Å². The van der Waals surface area contributed by atoms with Gasteiger partial charge in [-0.1, -0.05) is 35.9 Å². The van der Waals surface area contributed by atoms with Crippen molar-refractivity contribution in [1.29, 1.82) is 0 Å². The number of amides is 1. The summed E-state index contributed by atoms with van der Waals surface area (Å²) in [6.07, 6.45) is 4.39. The Bertz CT molecular complexity index is 829. The van der Waals surface area contributed by atoms with E-state index in [1.54, 1.807) is 12.3 Å². The molecule has 0 saturated heterocycles. The summed E-state index contributed by atoms with van der Waals surface area (Å²) in [6, 6.07) is 13.3. The van der Waals surface area contributed by atoms with Gasteiger partial charge in [-0.05, 0) is 43.7 Å². The number of hydrogen-bond acceptors (Lipinski definition) is 3. The number of nitrogens with zero attached hydrogens (tertiary/aromatic N) is 1. The molecular weight excluding hydrogens is 348 g/mol. The molecule has 4 nitrogen and oxygen atoms in total. The molecule has 0 aliphatic rings. The number of carbonyl (C=O) groups is 1. The van der Waals surface area contributed by atoms with Crippen LogP contribution in [0.3, 0.4) is 0 Å². The van der Waals surface area contributed by atoms with Crippen LogP contribution in [0.4, 0.5) is 5.69 Å². The van der Waals surface area contributed by atoms with E-state index in [4.69, 9.17) is 16.3 Å². The van der Waals surface area contributed by atoms with Crippen LogP contribution in [-0.4, -0.2) is 18.7 Å². The average molecular weight is 371 g/mol. The van der Waals surface area contributed by atoms with Gasteiger partial charge in [0.2, 0.25) is 5.91 Å². The zero-order chi connectivity index (χ0) is 18.9. The van der Waals surface area contributed by atoms with Gasteiger partial charge in [0, 0.05) is 35.8 Å². The molecule has 0 heterocycles. The minimum Gasteiger partial charge on any atom is -0.493 e. The van der Waals surface area contributed by atoms with Crippen LogP contribution in [0.15, 0.2) is 53.5 Å². The highest BCUT2D eigenvalue weighted by atomic mass is 35.5. The van der Waals surface area contributed by atoms with E-state index < -0.39 is 0 Å². The summed E-state index contributed by atoms with van der Waals surface area (Å²) in [5.41, 5.74) is 3.49. The van der Waals surface area contributed by atoms with Gasteiger partial charge in [-0.15, -0.1) is 0 Å². The van der Waals surface area contributed by atoms with Crippen molar-refractivity contribution >= 4 is 35.1 Å². The van der Waals surface area contributed by atoms with Crippen molar-refractivity contribution < 1.29 is 9.53 Å². The summed E-state index contributed by atoms with van der Waals surface area (Å²) in [5, 5.41) is 3.33. The molecule has 0 aliphatic heterocycles. The molecule has 0 spiro atoms. The Morgan fingerprint density at radius 3 is 2.65 bits per heavy atom. The predicted molar refractivity (Wildman–Crippen MR) is 109 cm³/mol. The molecule has 0 unspecified atom stereocenters. The Hall–Kier alpha value is -2.59. The third-order valence-corrected chi connectivity index (χ3v) is 4.06. The minimum atomic E-state index is -0.122. The zero-order valence-electron chi connectivity index (χ0n) is 15.3. The van der Waals surface area contributed by atoms with Crippen molar-refractivity contribution in [2.24, 2.45) is 4.99 Å². The zero-order valence-corrected chi connectivity index (χ0v) is 16.0. The van der Waals surface area contributed by atoms with E-state index in [2.05, 4.69) is 10.3 Å². The summed E-state index contributed by atoms with van der Waals surface area (Å²) in [5.74, 6) is 0.667. The fourth-order valence-electron chi connectivity index (χ4n) is 2.54. The first-order chi connectivity index (χ1) is 12.5. The quantitative estimate of drug-likeness (QED) is 0.666. The smallest absolute Gasteiger partial charge is 0.221 e. The Kier molecular flexibility index (Phi) is 7.42. The van der Waals surface area contributed by atoms with Crippen LogP contribution < -0.4 is 10.1 Å². The summed E-state index contributed by atoms with van der Waals surface area (Å²) in [4.78, 5) is 15.5. The molecule has 1 amide bonds. The Labute approximate surface area is 159 Å². The topological polar surface area (TPSA) is 50.7 Å². The third-order valence-electron chi connectivity index (χ3n) is 3.71. The molecule has 2 aromatic rings. The van der Waals surface area contributed by atoms with Crippen molar-refractivity contribution in [2.45, 2.75) is 27.2 Å². The minimum absolute atomic E-state index is 0.122. The molecule has 0 radical (unpaired) electrons. The highest BCUT2D eigenvalue weighted by molar-refractivity contribution is 6.31. The molecule has 0 fully saturated rings. The Morgan fingerprint density at radius 1 is 1.23 bits per heavy atom. The number of hydrogen-bond donors (Lipinski definition) is 1. The van der Waals surface area contributed by atoms with E-state index >= 15 is 0 Å². The number of aliphatic imine (C=N–C) groups is 1. The van der Waals surface area contributed by atoms with Gasteiger partial charge in [-0.3, -0.25) is 9.79 Å². The maximum Gasteiger partial charge on any atom is 0.221 e. The molecule has 0 aliphatic carbocycles. The van der Waals surface area contributed by atoms with Gasteiger partial charge >= 0.3 is 0 Å². The van der Waals surface area contributed by atoms with Crippen molar-refractivity contribution in [1.82, 2.24) is 0 Å². The predicted octanol–water partition coefficient (Wildman–Crippen LogP) is 5.37. The van der Waals surface area contributed by atoms with E-state index in [0.29, 0.717) is 23.7 Å².